The maximum absolute atomic E-state index is 11.8. The summed E-state index contributed by atoms with van der Waals surface area (Å²) in [6.07, 6.45) is 1.99. The predicted molar refractivity (Wildman–Crippen MR) is 88.5 cm³/mol. The number of benzene rings is 1. The maximum atomic E-state index is 11.8. The zero-order valence-electron chi connectivity index (χ0n) is 14.3. The minimum Gasteiger partial charge on any atom is -0.481 e. The fourth-order valence-corrected chi connectivity index (χ4v) is 2.90. The van der Waals surface area contributed by atoms with E-state index in [1.807, 2.05) is 32.0 Å². The lowest BCUT2D eigenvalue weighted by atomic mass is 9.64. The summed E-state index contributed by atoms with van der Waals surface area (Å²) in [6.45, 7) is 12.7. The van der Waals surface area contributed by atoms with Gasteiger partial charge in [-0.25, -0.2) is 0 Å². The number of rotatable bonds is 7. The van der Waals surface area contributed by atoms with Crippen molar-refractivity contribution in [1.29, 1.82) is 0 Å². The molecular formula is C19H30O2. The second-order valence-corrected chi connectivity index (χ2v) is 7.49. The van der Waals surface area contributed by atoms with Crippen molar-refractivity contribution in [3.8, 4) is 0 Å². The van der Waals surface area contributed by atoms with Gasteiger partial charge in [-0.3, -0.25) is 4.79 Å². The molecule has 0 aliphatic rings. The van der Waals surface area contributed by atoms with Gasteiger partial charge in [-0.1, -0.05) is 64.4 Å². The van der Waals surface area contributed by atoms with E-state index in [0.29, 0.717) is 5.92 Å². The van der Waals surface area contributed by atoms with E-state index >= 15 is 0 Å². The SMILES string of the molecule is CCC(C)C(C)(C)CC(c1ccccc1)C(C)(C)C(=O)O. The minimum atomic E-state index is -0.772. The van der Waals surface area contributed by atoms with Crippen LogP contribution in [0.5, 0.6) is 0 Å². The normalized spacial score (nSPS) is 15.5. The first kappa shape index (κ1) is 17.7. The lowest BCUT2D eigenvalue weighted by Gasteiger charge is -2.40. The summed E-state index contributed by atoms with van der Waals surface area (Å²) in [6, 6.07) is 10.1. The fraction of sp³-hybridized carbons (Fsp3) is 0.632. The first-order valence-electron chi connectivity index (χ1n) is 7.91. The van der Waals surface area contributed by atoms with Crippen molar-refractivity contribution in [3.05, 3.63) is 35.9 Å². The van der Waals surface area contributed by atoms with Gasteiger partial charge in [0.2, 0.25) is 0 Å². The second kappa shape index (κ2) is 6.64. The summed E-state index contributed by atoms with van der Waals surface area (Å²) in [5.41, 5.74) is 0.468. The molecule has 0 saturated carbocycles. The molecule has 21 heavy (non-hydrogen) atoms. The number of carbonyl (C=O) groups is 1. The number of hydrogen-bond acceptors (Lipinski definition) is 1. The van der Waals surface area contributed by atoms with Crippen LogP contribution in [0.1, 0.15) is 65.9 Å². The van der Waals surface area contributed by atoms with Crippen LogP contribution in [-0.2, 0) is 4.79 Å². The predicted octanol–water partition coefficient (Wildman–Crippen LogP) is 5.34. The van der Waals surface area contributed by atoms with Crippen LogP contribution in [0.2, 0.25) is 0 Å². The van der Waals surface area contributed by atoms with Crippen molar-refractivity contribution in [1.82, 2.24) is 0 Å². The van der Waals surface area contributed by atoms with Gasteiger partial charge in [-0.2, -0.15) is 0 Å². The van der Waals surface area contributed by atoms with Crippen molar-refractivity contribution >= 4 is 5.97 Å². The quantitative estimate of drug-likeness (QED) is 0.735. The molecule has 1 N–H and O–H groups in total. The molecule has 1 aromatic rings. The van der Waals surface area contributed by atoms with Crippen molar-refractivity contribution in [2.45, 2.75) is 60.3 Å². The van der Waals surface area contributed by atoms with Gasteiger partial charge in [0.25, 0.3) is 0 Å². The standard InChI is InChI=1S/C19H30O2/c1-7-14(2)18(3,4)13-16(19(5,6)17(20)21)15-11-9-8-10-12-15/h8-12,14,16H,7,13H2,1-6H3,(H,20,21). The summed E-state index contributed by atoms with van der Waals surface area (Å²) in [4.78, 5) is 11.8. The van der Waals surface area contributed by atoms with Crippen LogP contribution in [0.15, 0.2) is 30.3 Å². The Labute approximate surface area is 129 Å². The van der Waals surface area contributed by atoms with Crippen LogP contribution in [0.4, 0.5) is 0 Å². The number of hydrogen-bond donors (Lipinski definition) is 1. The van der Waals surface area contributed by atoms with Gasteiger partial charge in [-0.15, -0.1) is 0 Å². The van der Waals surface area contributed by atoms with Crippen LogP contribution in [0.25, 0.3) is 0 Å². The van der Waals surface area contributed by atoms with Crippen LogP contribution in [-0.4, -0.2) is 11.1 Å². The molecule has 0 heterocycles. The minimum absolute atomic E-state index is 0.0141. The highest BCUT2D eigenvalue weighted by Crippen LogP contribution is 2.46. The number of carboxylic acids is 1. The zero-order chi connectivity index (χ0) is 16.3. The van der Waals surface area contributed by atoms with E-state index in [2.05, 4.69) is 39.8 Å². The molecule has 2 unspecified atom stereocenters. The molecule has 2 atom stereocenters. The van der Waals surface area contributed by atoms with E-state index in [-0.39, 0.29) is 11.3 Å². The molecule has 2 nitrogen and oxygen atoms in total. The van der Waals surface area contributed by atoms with Gasteiger partial charge < -0.3 is 5.11 Å². The first-order chi connectivity index (χ1) is 9.63. The third kappa shape index (κ3) is 4.09. The molecule has 0 aliphatic heterocycles. The molecule has 1 rings (SSSR count). The fourth-order valence-electron chi connectivity index (χ4n) is 2.90. The highest BCUT2D eigenvalue weighted by molar-refractivity contribution is 5.75. The Kier molecular flexibility index (Phi) is 5.61. The summed E-state index contributed by atoms with van der Waals surface area (Å²) in [5, 5.41) is 9.67. The Balaban J connectivity index is 3.19. The van der Waals surface area contributed by atoms with Crippen molar-refractivity contribution in [2.75, 3.05) is 0 Å². The second-order valence-electron chi connectivity index (χ2n) is 7.49. The average molecular weight is 290 g/mol. The molecule has 0 radical (unpaired) electrons. The molecule has 0 aliphatic carbocycles. The van der Waals surface area contributed by atoms with E-state index in [0.717, 1.165) is 18.4 Å². The highest BCUT2D eigenvalue weighted by Gasteiger charge is 2.41. The molecule has 0 amide bonds. The van der Waals surface area contributed by atoms with Crippen molar-refractivity contribution < 1.29 is 9.90 Å². The van der Waals surface area contributed by atoms with Crippen molar-refractivity contribution in [2.24, 2.45) is 16.7 Å². The molecule has 0 spiro atoms. The third-order valence-corrected chi connectivity index (χ3v) is 5.30. The van der Waals surface area contributed by atoms with Gasteiger partial charge in [0.1, 0.15) is 0 Å². The van der Waals surface area contributed by atoms with Crippen LogP contribution < -0.4 is 0 Å². The van der Waals surface area contributed by atoms with E-state index in [1.54, 1.807) is 0 Å². The molecule has 0 fully saturated rings. The van der Waals surface area contributed by atoms with Crippen LogP contribution in [0, 0.1) is 16.7 Å². The highest BCUT2D eigenvalue weighted by atomic mass is 16.4. The molecule has 2 heteroatoms. The van der Waals surface area contributed by atoms with Gasteiger partial charge in [0, 0.05) is 0 Å². The van der Waals surface area contributed by atoms with E-state index in [4.69, 9.17) is 0 Å². The van der Waals surface area contributed by atoms with E-state index in [9.17, 15) is 9.90 Å². The Hall–Kier alpha value is -1.31. The molecule has 0 bridgehead atoms. The summed E-state index contributed by atoms with van der Waals surface area (Å²) in [7, 11) is 0. The Morgan fingerprint density at radius 3 is 2.10 bits per heavy atom. The zero-order valence-corrected chi connectivity index (χ0v) is 14.3. The number of aliphatic carboxylic acids is 1. The Bertz CT molecular complexity index is 460. The monoisotopic (exact) mass is 290 g/mol. The maximum Gasteiger partial charge on any atom is 0.309 e. The van der Waals surface area contributed by atoms with E-state index < -0.39 is 11.4 Å². The number of carboxylic acid groups (broad SMARTS) is 1. The lowest BCUT2D eigenvalue weighted by molar-refractivity contribution is -0.148. The smallest absolute Gasteiger partial charge is 0.309 e. The van der Waals surface area contributed by atoms with Gasteiger partial charge in [0.15, 0.2) is 0 Å². The van der Waals surface area contributed by atoms with Gasteiger partial charge >= 0.3 is 5.97 Å². The molecule has 118 valence electrons. The average Bonchev–Trinajstić information content (AvgIpc) is 2.44. The van der Waals surface area contributed by atoms with Crippen LogP contribution in [0.3, 0.4) is 0 Å². The van der Waals surface area contributed by atoms with E-state index in [1.165, 1.54) is 0 Å². The van der Waals surface area contributed by atoms with Gasteiger partial charge in [-0.05, 0) is 43.1 Å². The molecule has 0 saturated heterocycles. The largest absolute Gasteiger partial charge is 0.481 e. The first-order valence-corrected chi connectivity index (χ1v) is 7.91. The van der Waals surface area contributed by atoms with Gasteiger partial charge in [0.05, 0.1) is 5.41 Å². The summed E-state index contributed by atoms with van der Waals surface area (Å²) >= 11 is 0. The topological polar surface area (TPSA) is 37.3 Å². The Morgan fingerprint density at radius 2 is 1.67 bits per heavy atom. The molecule has 0 aromatic heterocycles. The molecular weight excluding hydrogens is 260 g/mol. The summed E-state index contributed by atoms with van der Waals surface area (Å²) in [5.74, 6) is -0.148. The molecule has 1 aromatic carbocycles. The van der Waals surface area contributed by atoms with Crippen LogP contribution >= 0.6 is 0 Å². The summed E-state index contributed by atoms with van der Waals surface area (Å²) < 4.78 is 0. The Morgan fingerprint density at radius 1 is 1.14 bits per heavy atom. The third-order valence-electron chi connectivity index (χ3n) is 5.30. The van der Waals surface area contributed by atoms with Crippen molar-refractivity contribution in [3.63, 3.8) is 0 Å². The lowest BCUT2D eigenvalue weighted by Crippen LogP contribution is -2.36.